The number of rotatable bonds is 6. The first-order chi connectivity index (χ1) is 10.2. The van der Waals surface area contributed by atoms with Gasteiger partial charge in [-0.05, 0) is 63.6 Å². The van der Waals surface area contributed by atoms with Crippen LogP contribution in [-0.4, -0.2) is 50.3 Å². The summed E-state index contributed by atoms with van der Waals surface area (Å²) in [5.41, 5.74) is 0. The fraction of sp³-hybridized carbons (Fsp3) is 1.00. The first-order valence-corrected chi connectivity index (χ1v) is 9.24. The van der Waals surface area contributed by atoms with E-state index < -0.39 is 0 Å². The summed E-state index contributed by atoms with van der Waals surface area (Å²) in [6, 6.07) is 0.669. The lowest BCUT2D eigenvalue weighted by Gasteiger charge is -2.35. The van der Waals surface area contributed by atoms with Crippen molar-refractivity contribution in [2.45, 2.75) is 58.9 Å². The Bertz CT molecular complexity index is 282. The summed E-state index contributed by atoms with van der Waals surface area (Å²) in [5, 5.41) is 3.75. The number of nitrogens with one attached hydrogen (secondary N) is 1. The molecule has 0 saturated carbocycles. The summed E-state index contributed by atoms with van der Waals surface area (Å²) in [5.74, 6) is 2.47. The molecule has 2 saturated heterocycles. The molecule has 2 fully saturated rings. The summed E-state index contributed by atoms with van der Waals surface area (Å²) in [6.45, 7) is 13.9. The van der Waals surface area contributed by atoms with E-state index in [4.69, 9.17) is 4.74 Å². The lowest BCUT2D eigenvalue weighted by Crippen LogP contribution is -2.48. The molecule has 0 spiro atoms. The third-order valence-electron chi connectivity index (χ3n) is 5.43. The largest absolute Gasteiger partial charge is 0.381 e. The van der Waals surface area contributed by atoms with E-state index in [-0.39, 0.29) is 0 Å². The monoisotopic (exact) mass is 296 g/mol. The van der Waals surface area contributed by atoms with Gasteiger partial charge in [0.15, 0.2) is 0 Å². The van der Waals surface area contributed by atoms with Crippen molar-refractivity contribution in [3.8, 4) is 0 Å². The van der Waals surface area contributed by atoms with E-state index in [1.165, 1.54) is 51.7 Å². The van der Waals surface area contributed by atoms with Crippen molar-refractivity contribution in [3.05, 3.63) is 0 Å². The van der Waals surface area contributed by atoms with Crippen LogP contribution in [0.25, 0.3) is 0 Å². The second-order valence-electron chi connectivity index (χ2n) is 7.42. The molecule has 1 N–H and O–H groups in total. The molecular formula is C18H36N2O. The molecule has 124 valence electrons. The molecule has 3 unspecified atom stereocenters. The molecule has 2 heterocycles. The summed E-state index contributed by atoms with van der Waals surface area (Å²) < 4.78 is 5.76. The topological polar surface area (TPSA) is 24.5 Å². The first-order valence-electron chi connectivity index (χ1n) is 9.24. The molecule has 0 aromatic carbocycles. The third-order valence-corrected chi connectivity index (χ3v) is 5.43. The Balaban J connectivity index is 1.81. The molecule has 0 aliphatic carbocycles. The maximum Gasteiger partial charge on any atom is 0.0521 e. The van der Waals surface area contributed by atoms with E-state index in [0.29, 0.717) is 12.0 Å². The van der Waals surface area contributed by atoms with Crippen LogP contribution in [0.4, 0.5) is 0 Å². The van der Waals surface area contributed by atoms with Gasteiger partial charge in [-0.1, -0.05) is 20.8 Å². The molecule has 2 aliphatic heterocycles. The maximum absolute atomic E-state index is 5.76. The van der Waals surface area contributed by atoms with Crippen LogP contribution >= 0.6 is 0 Å². The van der Waals surface area contributed by atoms with E-state index in [1.54, 1.807) is 0 Å². The lowest BCUT2D eigenvalue weighted by atomic mass is 9.89. The molecule has 0 bridgehead atoms. The normalized spacial score (nSPS) is 32.3. The summed E-state index contributed by atoms with van der Waals surface area (Å²) in [7, 11) is 0. The Kier molecular flexibility index (Phi) is 7.48. The Hall–Kier alpha value is -0.120. The fourth-order valence-electron chi connectivity index (χ4n) is 3.94. The molecule has 0 aromatic rings. The van der Waals surface area contributed by atoms with Gasteiger partial charge in [0.1, 0.15) is 0 Å². The van der Waals surface area contributed by atoms with Crippen LogP contribution in [0.15, 0.2) is 0 Å². The van der Waals surface area contributed by atoms with Gasteiger partial charge in [0.05, 0.1) is 6.61 Å². The van der Waals surface area contributed by atoms with Crippen LogP contribution in [0.1, 0.15) is 52.9 Å². The Morgan fingerprint density at radius 2 is 2.05 bits per heavy atom. The number of ether oxygens (including phenoxy) is 1. The van der Waals surface area contributed by atoms with Crippen molar-refractivity contribution in [1.29, 1.82) is 0 Å². The average Bonchev–Trinajstić information content (AvgIpc) is 2.72. The van der Waals surface area contributed by atoms with Gasteiger partial charge in [0.2, 0.25) is 0 Å². The number of likely N-dealkylation sites (tertiary alicyclic amines) is 1. The first kappa shape index (κ1) is 17.2. The number of hydrogen-bond acceptors (Lipinski definition) is 3. The van der Waals surface area contributed by atoms with Crippen LogP contribution in [0.3, 0.4) is 0 Å². The zero-order chi connectivity index (χ0) is 15.1. The quantitative estimate of drug-likeness (QED) is 0.815. The van der Waals surface area contributed by atoms with Crippen LogP contribution < -0.4 is 5.32 Å². The van der Waals surface area contributed by atoms with Gasteiger partial charge in [-0.25, -0.2) is 0 Å². The van der Waals surface area contributed by atoms with Crippen LogP contribution in [0.5, 0.6) is 0 Å². The maximum atomic E-state index is 5.76. The molecule has 0 aromatic heterocycles. The molecule has 0 radical (unpaired) electrons. The predicted molar refractivity (Wildman–Crippen MR) is 89.6 cm³/mol. The molecule has 3 heteroatoms. The van der Waals surface area contributed by atoms with Crippen molar-refractivity contribution in [2.75, 3.05) is 39.4 Å². The van der Waals surface area contributed by atoms with Gasteiger partial charge in [-0.15, -0.1) is 0 Å². The minimum Gasteiger partial charge on any atom is -0.381 e. The molecule has 0 amide bonds. The highest BCUT2D eigenvalue weighted by Gasteiger charge is 2.28. The van der Waals surface area contributed by atoms with Crippen LogP contribution in [0, 0.1) is 17.8 Å². The van der Waals surface area contributed by atoms with Crippen LogP contribution in [0.2, 0.25) is 0 Å². The minimum absolute atomic E-state index is 0.669. The Morgan fingerprint density at radius 3 is 2.81 bits per heavy atom. The summed E-state index contributed by atoms with van der Waals surface area (Å²) in [4.78, 5) is 2.71. The van der Waals surface area contributed by atoms with Gasteiger partial charge in [-0.2, -0.15) is 0 Å². The SMILES string of the molecule is CCCNC1CCOCC1CN1CCCC(C(C)C)CC1. The Labute approximate surface area is 131 Å². The highest BCUT2D eigenvalue weighted by molar-refractivity contribution is 4.83. The highest BCUT2D eigenvalue weighted by Crippen LogP contribution is 2.26. The summed E-state index contributed by atoms with van der Waals surface area (Å²) in [6.07, 6.45) is 6.60. The zero-order valence-corrected chi connectivity index (χ0v) is 14.4. The zero-order valence-electron chi connectivity index (χ0n) is 14.4. The van der Waals surface area contributed by atoms with Crippen LogP contribution in [-0.2, 0) is 4.74 Å². The van der Waals surface area contributed by atoms with E-state index in [2.05, 4.69) is 31.0 Å². The average molecular weight is 296 g/mol. The van der Waals surface area contributed by atoms with Gasteiger partial charge in [0, 0.05) is 25.1 Å². The van der Waals surface area contributed by atoms with Crippen molar-refractivity contribution in [1.82, 2.24) is 10.2 Å². The molecule has 3 nitrogen and oxygen atoms in total. The van der Waals surface area contributed by atoms with Crippen molar-refractivity contribution in [3.63, 3.8) is 0 Å². The van der Waals surface area contributed by atoms with Gasteiger partial charge in [-0.3, -0.25) is 0 Å². The van der Waals surface area contributed by atoms with E-state index in [0.717, 1.165) is 31.6 Å². The van der Waals surface area contributed by atoms with Crippen molar-refractivity contribution >= 4 is 0 Å². The molecule has 3 atom stereocenters. The number of nitrogens with zero attached hydrogens (tertiary/aromatic N) is 1. The van der Waals surface area contributed by atoms with Crippen molar-refractivity contribution in [2.24, 2.45) is 17.8 Å². The highest BCUT2D eigenvalue weighted by atomic mass is 16.5. The standard InChI is InChI=1S/C18H36N2O/c1-4-9-19-18-8-12-21-14-17(18)13-20-10-5-6-16(7-11-20)15(2)3/h15-19H,4-14H2,1-3H3. The van der Waals surface area contributed by atoms with E-state index >= 15 is 0 Å². The molecule has 2 aliphatic rings. The van der Waals surface area contributed by atoms with Gasteiger partial charge >= 0.3 is 0 Å². The second-order valence-corrected chi connectivity index (χ2v) is 7.42. The molecule has 2 rings (SSSR count). The van der Waals surface area contributed by atoms with Gasteiger partial charge < -0.3 is 15.0 Å². The third kappa shape index (κ3) is 5.54. The molecule has 21 heavy (non-hydrogen) atoms. The second kappa shape index (κ2) is 9.12. The van der Waals surface area contributed by atoms with Crippen molar-refractivity contribution < 1.29 is 4.74 Å². The lowest BCUT2D eigenvalue weighted by molar-refractivity contribution is 0.0168. The smallest absolute Gasteiger partial charge is 0.0521 e. The number of hydrogen-bond donors (Lipinski definition) is 1. The van der Waals surface area contributed by atoms with E-state index in [1.807, 2.05) is 0 Å². The Morgan fingerprint density at radius 1 is 1.19 bits per heavy atom. The molecular weight excluding hydrogens is 260 g/mol. The van der Waals surface area contributed by atoms with Gasteiger partial charge in [0.25, 0.3) is 0 Å². The van der Waals surface area contributed by atoms with E-state index in [9.17, 15) is 0 Å². The predicted octanol–water partition coefficient (Wildman–Crippen LogP) is 3.15. The minimum atomic E-state index is 0.669. The fourth-order valence-corrected chi connectivity index (χ4v) is 3.94. The summed E-state index contributed by atoms with van der Waals surface area (Å²) >= 11 is 0.